The van der Waals surface area contributed by atoms with Gasteiger partial charge in [0.1, 0.15) is 18.2 Å². The lowest BCUT2D eigenvalue weighted by Crippen LogP contribution is -2.20. The van der Waals surface area contributed by atoms with Crippen molar-refractivity contribution in [1.82, 2.24) is 0 Å². The van der Waals surface area contributed by atoms with Gasteiger partial charge >= 0.3 is 5.97 Å². The Kier molecular flexibility index (Phi) is 6.45. The van der Waals surface area contributed by atoms with Gasteiger partial charge < -0.3 is 9.84 Å². The van der Waals surface area contributed by atoms with Crippen LogP contribution < -0.4 is 4.74 Å². The quantitative estimate of drug-likeness (QED) is 0.561. The highest BCUT2D eigenvalue weighted by atomic mass is 19.1. The van der Waals surface area contributed by atoms with Gasteiger partial charge in [-0.25, -0.2) is 4.39 Å². The fraction of sp³-hybridized carbons (Fsp3) is 0.391. The molecule has 0 aliphatic heterocycles. The van der Waals surface area contributed by atoms with Gasteiger partial charge in [0.15, 0.2) is 5.78 Å². The van der Waals surface area contributed by atoms with Crippen LogP contribution in [0.4, 0.5) is 4.39 Å². The van der Waals surface area contributed by atoms with Crippen molar-refractivity contribution in [2.24, 2.45) is 5.92 Å². The van der Waals surface area contributed by atoms with Crippen molar-refractivity contribution in [3.05, 3.63) is 65.0 Å². The summed E-state index contributed by atoms with van der Waals surface area (Å²) in [7, 11) is 0. The number of halogens is 1. The van der Waals surface area contributed by atoms with Crippen LogP contribution in [0, 0.1) is 11.7 Å². The summed E-state index contributed by atoms with van der Waals surface area (Å²) < 4.78 is 20.6. The standard InChI is InChI=1S/C23H25FO4/c1-2-6-17(11-22(25)26)23(27)19-12-18(16-9-10-16)21(13-20(19)24)28-14-15-7-4-3-5-8-15/h3-5,7-8,12-13,16-17H,2,6,9-11,14H2,1H3,(H,25,26). The van der Waals surface area contributed by atoms with Gasteiger partial charge in [-0.15, -0.1) is 0 Å². The van der Waals surface area contributed by atoms with Crippen LogP contribution in [0.2, 0.25) is 0 Å². The number of carbonyl (C=O) groups excluding carboxylic acids is 1. The summed E-state index contributed by atoms with van der Waals surface area (Å²) in [5.41, 5.74) is 1.80. The molecule has 0 bridgehead atoms. The molecule has 1 unspecified atom stereocenters. The van der Waals surface area contributed by atoms with E-state index in [9.17, 15) is 14.0 Å². The van der Waals surface area contributed by atoms with Gasteiger partial charge in [-0.3, -0.25) is 9.59 Å². The number of rotatable bonds is 10. The van der Waals surface area contributed by atoms with Crippen LogP contribution >= 0.6 is 0 Å². The molecule has 0 radical (unpaired) electrons. The Hall–Kier alpha value is -2.69. The number of hydrogen-bond acceptors (Lipinski definition) is 3. The van der Waals surface area contributed by atoms with Gasteiger partial charge in [0.25, 0.3) is 0 Å². The first-order chi connectivity index (χ1) is 13.5. The molecule has 3 rings (SSSR count). The monoisotopic (exact) mass is 384 g/mol. The van der Waals surface area contributed by atoms with Crippen LogP contribution in [-0.4, -0.2) is 16.9 Å². The predicted octanol–water partition coefficient (Wildman–Crippen LogP) is 5.36. The normalized spacial score (nSPS) is 14.5. The van der Waals surface area contributed by atoms with E-state index in [0.29, 0.717) is 25.2 Å². The van der Waals surface area contributed by atoms with E-state index in [-0.39, 0.29) is 17.9 Å². The molecule has 5 heteroatoms. The van der Waals surface area contributed by atoms with Crippen molar-refractivity contribution in [2.45, 2.75) is 51.6 Å². The van der Waals surface area contributed by atoms with Crippen molar-refractivity contribution in [3.8, 4) is 5.75 Å². The number of carboxylic acid groups (broad SMARTS) is 1. The molecule has 1 atom stereocenters. The van der Waals surface area contributed by atoms with Crippen LogP contribution in [0.25, 0.3) is 0 Å². The second-order valence-electron chi connectivity index (χ2n) is 7.37. The minimum Gasteiger partial charge on any atom is -0.489 e. The summed E-state index contributed by atoms with van der Waals surface area (Å²) in [5, 5.41) is 9.08. The van der Waals surface area contributed by atoms with Crippen LogP contribution in [0.15, 0.2) is 42.5 Å². The lowest BCUT2D eigenvalue weighted by Gasteiger charge is -2.17. The van der Waals surface area contributed by atoms with Crippen molar-refractivity contribution in [1.29, 1.82) is 0 Å². The van der Waals surface area contributed by atoms with E-state index in [0.717, 1.165) is 24.0 Å². The third kappa shape index (κ3) is 4.97. The van der Waals surface area contributed by atoms with Gasteiger partial charge in [-0.2, -0.15) is 0 Å². The lowest BCUT2D eigenvalue weighted by molar-refractivity contribution is -0.137. The Balaban J connectivity index is 1.86. The highest BCUT2D eigenvalue weighted by molar-refractivity contribution is 6.00. The summed E-state index contributed by atoms with van der Waals surface area (Å²) in [6.45, 7) is 2.21. The molecule has 2 aromatic carbocycles. The number of benzene rings is 2. The highest BCUT2D eigenvalue weighted by Crippen LogP contribution is 2.45. The minimum atomic E-state index is -1.04. The van der Waals surface area contributed by atoms with E-state index < -0.39 is 23.5 Å². The highest BCUT2D eigenvalue weighted by Gasteiger charge is 2.31. The zero-order chi connectivity index (χ0) is 20.1. The second-order valence-corrected chi connectivity index (χ2v) is 7.37. The van der Waals surface area contributed by atoms with E-state index in [1.807, 2.05) is 37.3 Å². The van der Waals surface area contributed by atoms with E-state index in [2.05, 4.69) is 0 Å². The van der Waals surface area contributed by atoms with Crippen LogP contribution in [0.1, 0.15) is 66.4 Å². The number of carbonyl (C=O) groups is 2. The maximum Gasteiger partial charge on any atom is 0.304 e. The molecule has 0 aromatic heterocycles. The Morgan fingerprint density at radius 1 is 1.21 bits per heavy atom. The van der Waals surface area contributed by atoms with Crippen LogP contribution in [0.5, 0.6) is 5.75 Å². The fourth-order valence-corrected chi connectivity index (χ4v) is 3.44. The van der Waals surface area contributed by atoms with Gasteiger partial charge in [0.2, 0.25) is 0 Å². The Labute approximate surface area is 164 Å². The van der Waals surface area contributed by atoms with Crippen molar-refractivity contribution in [2.75, 3.05) is 0 Å². The molecule has 4 nitrogen and oxygen atoms in total. The van der Waals surface area contributed by atoms with E-state index in [1.165, 1.54) is 6.07 Å². The summed E-state index contributed by atoms with van der Waals surface area (Å²) in [4.78, 5) is 23.9. The molecule has 148 valence electrons. The van der Waals surface area contributed by atoms with Gasteiger partial charge in [-0.05, 0) is 42.4 Å². The lowest BCUT2D eigenvalue weighted by atomic mass is 9.89. The molecular weight excluding hydrogens is 359 g/mol. The molecule has 1 fully saturated rings. The largest absolute Gasteiger partial charge is 0.489 e. The van der Waals surface area contributed by atoms with Gasteiger partial charge in [0, 0.05) is 12.0 Å². The zero-order valence-electron chi connectivity index (χ0n) is 16.0. The number of ketones is 1. The molecule has 1 aliphatic rings. The SMILES string of the molecule is CCCC(CC(=O)O)C(=O)c1cc(C2CC2)c(OCc2ccccc2)cc1F. The van der Waals surface area contributed by atoms with Crippen molar-refractivity contribution >= 4 is 11.8 Å². The summed E-state index contributed by atoms with van der Waals surface area (Å²) >= 11 is 0. The van der Waals surface area contributed by atoms with Crippen molar-refractivity contribution in [3.63, 3.8) is 0 Å². The number of carboxylic acids is 1. The zero-order valence-corrected chi connectivity index (χ0v) is 16.0. The van der Waals surface area contributed by atoms with E-state index in [1.54, 1.807) is 6.07 Å². The number of aliphatic carboxylic acids is 1. The first kappa shape index (κ1) is 20.1. The first-order valence-electron chi connectivity index (χ1n) is 9.75. The maximum absolute atomic E-state index is 14.8. The number of ether oxygens (including phenoxy) is 1. The van der Waals surface area contributed by atoms with Crippen LogP contribution in [-0.2, 0) is 11.4 Å². The molecule has 0 spiro atoms. The average molecular weight is 384 g/mol. The van der Waals surface area contributed by atoms with E-state index in [4.69, 9.17) is 9.84 Å². The summed E-state index contributed by atoms with van der Waals surface area (Å²) in [6, 6.07) is 12.5. The predicted molar refractivity (Wildman–Crippen MR) is 104 cm³/mol. The Morgan fingerprint density at radius 2 is 1.93 bits per heavy atom. The Morgan fingerprint density at radius 3 is 2.54 bits per heavy atom. The summed E-state index contributed by atoms with van der Waals surface area (Å²) in [5.74, 6) is -2.10. The third-order valence-corrected chi connectivity index (χ3v) is 5.05. The minimum absolute atomic E-state index is 0.0198. The third-order valence-electron chi connectivity index (χ3n) is 5.05. The average Bonchev–Trinajstić information content (AvgIpc) is 3.51. The molecule has 0 amide bonds. The molecule has 1 N–H and O–H groups in total. The number of hydrogen-bond donors (Lipinski definition) is 1. The number of Topliss-reactive ketones (excluding diaryl/α,β-unsaturated/α-hetero) is 1. The molecule has 1 saturated carbocycles. The molecule has 0 saturated heterocycles. The summed E-state index contributed by atoms with van der Waals surface area (Å²) in [6.07, 6.45) is 2.77. The second kappa shape index (κ2) is 9.00. The fourth-order valence-electron chi connectivity index (χ4n) is 3.44. The molecule has 0 heterocycles. The van der Waals surface area contributed by atoms with Gasteiger partial charge in [0.05, 0.1) is 12.0 Å². The molecule has 28 heavy (non-hydrogen) atoms. The molecule has 2 aromatic rings. The molecule has 1 aliphatic carbocycles. The first-order valence-corrected chi connectivity index (χ1v) is 9.75. The Bertz CT molecular complexity index is 843. The maximum atomic E-state index is 14.8. The van der Waals surface area contributed by atoms with E-state index >= 15 is 0 Å². The van der Waals surface area contributed by atoms with Crippen molar-refractivity contribution < 1.29 is 23.8 Å². The smallest absolute Gasteiger partial charge is 0.304 e. The topological polar surface area (TPSA) is 63.6 Å². The van der Waals surface area contributed by atoms with Crippen LogP contribution in [0.3, 0.4) is 0 Å². The van der Waals surface area contributed by atoms with Gasteiger partial charge in [-0.1, -0.05) is 43.7 Å². The molecular formula is C23H25FO4.